The van der Waals surface area contributed by atoms with E-state index in [2.05, 4.69) is 28.2 Å². The Morgan fingerprint density at radius 1 is 1.00 bits per heavy atom. The zero-order valence-corrected chi connectivity index (χ0v) is 18.7. The minimum absolute atomic E-state index is 0.203. The van der Waals surface area contributed by atoms with Crippen LogP contribution in [0.4, 0.5) is 5.69 Å². The molecule has 3 rings (SSSR count). The quantitative estimate of drug-likeness (QED) is 0.656. The predicted molar refractivity (Wildman–Crippen MR) is 123 cm³/mol. The molecule has 0 atom stereocenters. The third-order valence-corrected chi connectivity index (χ3v) is 5.31. The number of nitrogens with zero attached hydrogens (tertiary/aromatic N) is 2. The lowest BCUT2D eigenvalue weighted by Crippen LogP contribution is -2.43. The Morgan fingerprint density at radius 3 is 2.29 bits per heavy atom. The van der Waals surface area contributed by atoms with Crippen LogP contribution in [-0.4, -0.2) is 70.3 Å². The third-order valence-electron chi connectivity index (χ3n) is 5.31. The van der Waals surface area contributed by atoms with Gasteiger partial charge in [0.2, 0.25) is 11.7 Å². The maximum Gasteiger partial charge on any atom is 0.248 e. The van der Waals surface area contributed by atoms with Crippen LogP contribution in [0.25, 0.3) is 6.08 Å². The molecule has 1 aliphatic heterocycles. The fourth-order valence-corrected chi connectivity index (χ4v) is 3.57. The number of carbonyl (C=O) groups is 1. The third kappa shape index (κ3) is 6.23. The van der Waals surface area contributed by atoms with Gasteiger partial charge in [0.25, 0.3) is 0 Å². The van der Waals surface area contributed by atoms with Crippen molar-refractivity contribution in [3.63, 3.8) is 0 Å². The van der Waals surface area contributed by atoms with E-state index in [0.29, 0.717) is 17.2 Å². The van der Waals surface area contributed by atoms with Gasteiger partial charge in [0.1, 0.15) is 0 Å². The van der Waals surface area contributed by atoms with Crippen LogP contribution in [0.1, 0.15) is 11.1 Å². The molecule has 0 aliphatic carbocycles. The summed E-state index contributed by atoms with van der Waals surface area (Å²) in [5.41, 5.74) is 2.75. The number of anilines is 1. The van der Waals surface area contributed by atoms with Gasteiger partial charge in [0, 0.05) is 44.5 Å². The largest absolute Gasteiger partial charge is 0.493 e. The second kappa shape index (κ2) is 10.8. The van der Waals surface area contributed by atoms with E-state index in [-0.39, 0.29) is 5.91 Å². The first kappa shape index (κ1) is 22.7. The Morgan fingerprint density at radius 2 is 1.68 bits per heavy atom. The number of methoxy groups -OCH3 is 3. The molecule has 0 aromatic heterocycles. The van der Waals surface area contributed by atoms with Crippen LogP contribution >= 0.6 is 0 Å². The molecule has 7 heteroatoms. The molecule has 1 amide bonds. The number of rotatable bonds is 8. The first-order valence-corrected chi connectivity index (χ1v) is 10.3. The molecule has 1 fully saturated rings. The maximum absolute atomic E-state index is 12.5. The number of ether oxygens (including phenoxy) is 3. The summed E-state index contributed by atoms with van der Waals surface area (Å²) in [6, 6.07) is 11.6. The SMILES string of the molecule is COc1cc(C=CC(=O)Nc2cccc(CN3CCN(C)CC3)c2)cc(OC)c1OC. The van der Waals surface area contributed by atoms with Gasteiger partial charge in [-0.05, 0) is 48.5 Å². The average molecular weight is 426 g/mol. The van der Waals surface area contributed by atoms with Crippen molar-refractivity contribution in [1.29, 1.82) is 0 Å². The second-order valence-corrected chi connectivity index (χ2v) is 7.56. The van der Waals surface area contributed by atoms with Crippen molar-refractivity contribution in [1.82, 2.24) is 9.80 Å². The lowest BCUT2D eigenvalue weighted by Gasteiger charge is -2.32. The van der Waals surface area contributed by atoms with Gasteiger partial charge in [0.05, 0.1) is 21.3 Å². The Hall–Kier alpha value is -3.03. The number of carbonyl (C=O) groups excluding carboxylic acids is 1. The van der Waals surface area contributed by atoms with Crippen LogP contribution in [0.5, 0.6) is 17.2 Å². The highest BCUT2D eigenvalue weighted by Gasteiger charge is 2.14. The van der Waals surface area contributed by atoms with E-state index in [9.17, 15) is 4.79 Å². The summed E-state index contributed by atoms with van der Waals surface area (Å²) < 4.78 is 16.0. The van der Waals surface area contributed by atoms with Crippen molar-refractivity contribution >= 4 is 17.7 Å². The minimum Gasteiger partial charge on any atom is -0.493 e. The van der Waals surface area contributed by atoms with Gasteiger partial charge in [-0.25, -0.2) is 0 Å². The molecule has 2 aromatic rings. The van der Waals surface area contributed by atoms with Crippen molar-refractivity contribution in [3.8, 4) is 17.2 Å². The first-order valence-electron chi connectivity index (χ1n) is 10.3. The summed E-state index contributed by atoms with van der Waals surface area (Å²) in [4.78, 5) is 17.2. The summed E-state index contributed by atoms with van der Waals surface area (Å²) in [5, 5.41) is 2.94. The molecule has 1 N–H and O–H groups in total. The normalized spacial score (nSPS) is 15.1. The van der Waals surface area contributed by atoms with Crippen molar-refractivity contribution in [3.05, 3.63) is 53.6 Å². The molecular formula is C24H31N3O4. The van der Waals surface area contributed by atoms with Crippen LogP contribution in [-0.2, 0) is 11.3 Å². The highest BCUT2D eigenvalue weighted by atomic mass is 16.5. The first-order chi connectivity index (χ1) is 15.0. The zero-order chi connectivity index (χ0) is 22.2. The van der Waals surface area contributed by atoms with Crippen LogP contribution in [0.15, 0.2) is 42.5 Å². The topological polar surface area (TPSA) is 63.3 Å². The van der Waals surface area contributed by atoms with Crippen molar-refractivity contribution in [2.45, 2.75) is 6.54 Å². The lowest BCUT2D eigenvalue weighted by molar-refractivity contribution is -0.111. The Kier molecular flexibility index (Phi) is 7.92. The summed E-state index contributed by atoms with van der Waals surface area (Å²) in [5.74, 6) is 1.39. The second-order valence-electron chi connectivity index (χ2n) is 7.56. The molecule has 0 radical (unpaired) electrons. The van der Waals surface area contributed by atoms with Crippen molar-refractivity contribution in [2.24, 2.45) is 0 Å². The van der Waals surface area contributed by atoms with E-state index in [1.54, 1.807) is 39.5 Å². The Balaban J connectivity index is 1.63. The number of benzene rings is 2. The van der Waals surface area contributed by atoms with Crippen molar-refractivity contribution < 1.29 is 19.0 Å². The van der Waals surface area contributed by atoms with E-state index in [4.69, 9.17) is 14.2 Å². The van der Waals surface area contributed by atoms with Crippen LogP contribution in [0.2, 0.25) is 0 Å². The van der Waals surface area contributed by atoms with Crippen molar-refractivity contribution in [2.75, 3.05) is 59.9 Å². The monoisotopic (exact) mass is 425 g/mol. The van der Waals surface area contributed by atoms with Gasteiger partial charge >= 0.3 is 0 Å². The minimum atomic E-state index is -0.203. The van der Waals surface area contributed by atoms with E-state index in [1.807, 2.05) is 18.2 Å². The molecule has 1 aliphatic rings. The molecule has 0 spiro atoms. The molecular weight excluding hydrogens is 394 g/mol. The molecule has 2 aromatic carbocycles. The fraction of sp³-hybridized carbons (Fsp3) is 0.375. The molecule has 0 saturated carbocycles. The fourth-order valence-electron chi connectivity index (χ4n) is 3.57. The van der Waals surface area contributed by atoms with Gasteiger partial charge in [-0.1, -0.05) is 12.1 Å². The lowest BCUT2D eigenvalue weighted by atomic mass is 10.1. The summed E-state index contributed by atoms with van der Waals surface area (Å²) in [6.07, 6.45) is 3.21. The number of hydrogen-bond donors (Lipinski definition) is 1. The van der Waals surface area contributed by atoms with Gasteiger partial charge in [0.15, 0.2) is 11.5 Å². The van der Waals surface area contributed by atoms with Crippen LogP contribution in [0, 0.1) is 0 Å². The summed E-state index contributed by atoms with van der Waals surface area (Å²) in [6.45, 7) is 5.18. The molecule has 166 valence electrons. The molecule has 0 unspecified atom stereocenters. The predicted octanol–water partition coefficient (Wildman–Crippen LogP) is 3.11. The van der Waals surface area contributed by atoms with E-state index < -0.39 is 0 Å². The highest BCUT2D eigenvalue weighted by molar-refractivity contribution is 6.02. The number of amides is 1. The van der Waals surface area contributed by atoms with Gasteiger partial charge in [-0.3, -0.25) is 9.69 Å². The molecule has 1 saturated heterocycles. The van der Waals surface area contributed by atoms with Gasteiger partial charge < -0.3 is 24.4 Å². The smallest absolute Gasteiger partial charge is 0.248 e. The van der Waals surface area contributed by atoms with E-state index >= 15 is 0 Å². The van der Waals surface area contributed by atoms with Gasteiger partial charge in [-0.2, -0.15) is 0 Å². The standard InChI is InChI=1S/C24H31N3O4/c1-26-10-12-27(13-11-26)17-19-6-5-7-20(14-19)25-23(28)9-8-18-15-21(29-2)24(31-4)22(16-18)30-3/h5-9,14-16H,10-13,17H2,1-4H3,(H,25,28). The van der Waals surface area contributed by atoms with Crippen LogP contribution < -0.4 is 19.5 Å². The number of hydrogen-bond acceptors (Lipinski definition) is 6. The number of nitrogens with one attached hydrogen (secondary N) is 1. The number of piperazine rings is 1. The van der Waals surface area contributed by atoms with E-state index in [1.165, 1.54) is 11.6 Å². The van der Waals surface area contributed by atoms with Crippen LogP contribution in [0.3, 0.4) is 0 Å². The van der Waals surface area contributed by atoms with Gasteiger partial charge in [-0.15, -0.1) is 0 Å². The Bertz CT molecular complexity index is 896. The Labute approximate surface area is 184 Å². The molecule has 0 bridgehead atoms. The zero-order valence-electron chi connectivity index (χ0n) is 18.7. The van der Waals surface area contributed by atoms with E-state index in [0.717, 1.165) is 44.0 Å². The average Bonchev–Trinajstić information content (AvgIpc) is 2.78. The number of likely N-dealkylation sites (N-methyl/N-ethyl adjacent to an activating group) is 1. The molecule has 7 nitrogen and oxygen atoms in total. The molecule has 31 heavy (non-hydrogen) atoms. The summed E-state index contributed by atoms with van der Waals surface area (Å²) in [7, 11) is 6.83. The summed E-state index contributed by atoms with van der Waals surface area (Å²) >= 11 is 0. The highest BCUT2D eigenvalue weighted by Crippen LogP contribution is 2.38. The maximum atomic E-state index is 12.5. The molecule has 1 heterocycles.